The summed E-state index contributed by atoms with van der Waals surface area (Å²) in [5.41, 5.74) is 0. The van der Waals surface area contributed by atoms with Crippen molar-refractivity contribution in [2.75, 3.05) is 0 Å². The Morgan fingerprint density at radius 1 is 0.625 bits per heavy atom. The highest BCUT2D eigenvalue weighted by Gasteiger charge is 2.02. The predicted octanol–water partition coefficient (Wildman–Crippen LogP) is 5.07. The molecular formula is C15H32O. The molecule has 0 spiro atoms. The fraction of sp³-hybridized carbons (Fsp3) is 1.00. The van der Waals surface area contributed by atoms with Crippen molar-refractivity contribution >= 4 is 0 Å². The van der Waals surface area contributed by atoms with Crippen LogP contribution in [0.1, 0.15) is 90.9 Å². The van der Waals surface area contributed by atoms with Crippen LogP contribution in [0.15, 0.2) is 0 Å². The van der Waals surface area contributed by atoms with Crippen LogP contribution in [0.2, 0.25) is 0 Å². The van der Waals surface area contributed by atoms with Gasteiger partial charge in [-0.3, -0.25) is 0 Å². The summed E-state index contributed by atoms with van der Waals surface area (Å²) in [5.74, 6) is 0. The molecule has 1 atom stereocenters. The number of rotatable bonds is 12. The first-order valence-electron chi connectivity index (χ1n) is 7.49. The number of aliphatic hydroxyl groups excluding tert-OH is 1. The number of hydrogen-bond donors (Lipinski definition) is 1. The van der Waals surface area contributed by atoms with Crippen LogP contribution in [0.3, 0.4) is 0 Å². The summed E-state index contributed by atoms with van der Waals surface area (Å²) < 4.78 is 0. The Bertz CT molecular complexity index is 123. The topological polar surface area (TPSA) is 20.2 Å². The summed E-state index contributed by atoms with van der Waals surface area (Å²) in [6, 6.07) is 0. The van der Waals surface area contributed by atoms with Crippen LogP contribution in [0.4, 0.5) is 0 Å². The molecule has 0 aromatic rings. The zero-order valence-corrected chi connectivity index (χ0v) is 11.5. The molecule has 16 heavy (non-hydrogen) atoms. The molecule has 0 fully saturated rings. The van der Waals surface area contributed by atoms with Crippen LogP contribution in [-0.4, -0.2) is 11.2 Å². The van der Waals surface area contributed by atoms with Gasteiger partial charge in [-0.1, -0.05) is 78.1 Å². The van der Waals surface area contributed by atoms with E-state index in [1.165, 1.54) is 64.2 Å². The van der Waals surface area contributed by atoms with Crippen molar-refractivity contribution in [3.05, 3.63) is 0 Å². The van der Waals surface area contributed by atoms with Gasteiger partial charge < -0.3 is 5.11 Å². The molecule has 0 aromatic carbocycles. The van der Waals surface area contributed by atoms with Crippen LogP contribution in [0.5, 0.6) is 0 Å². The maximum absolute atomic E-state index is 9.72. The van der Waals surface area contributed by atoms with E-state index >= 15 is 0 Å². The zero-order chi connectivity index (χ0) is 12.1. The van der Waals surface area contributed by atoms with Crippen molar-refractivity contribution < 1.29 is 5.11 Å². The van der Waals surface area contributed by atoms with Crippen LogP contribution in [-0.2, 0) is 0 Å². The van der Waals surface area contributed by atoms with Gasteiger partial charge in [-0.25, -0.2) is 0 Å². The highest BCUT2D eigenvalue weighted by Crippen LogP contribution is 2.12. The Balaban J connectivity index is 3.06. The Morgan fingerprint density at radius 3 is 1.56 bits per heavy atom. The molecule has 0 unspecified atom stereocenters. The highest BCUT2D eigenvalue weighted by atomic mass is 16.3. The van der Waals surface area contributed by atoms with Gasteiger partial charge >= 0.3 is 0 Å². The first-order chi connectivity index (χ1) is 7.81. The molecule has 0 amide bonds. The second-order valence-electron chi connectivity index (χ2n) is 5.06. The SMILES string of the molecule is CCCCCCCCC[C@H](O)CCCCC. The predicted molar refractivity (Wildman–Crippen MR) is 72.8 cm³/mol. The maximum atomic E-state index is 9.72. The molecule has 1 N–H and O–H groups in total. The van der Waals surface area contributed by atoms with Crippen molar-refractivity contribution in [2.45, 2.75) is 97.0 Å². The second kappa shape index (κ2) is 13.0. The molecule has 0 aliphatic heterocycles. The Hall–Kier alpha value is -0.0400. The summed E-state index contributed by atoms with van der Waals surface area (Å²) in [6.07, 6.45) is 15.1. The first kappa shape index (κ1) is 16.0. The molecule has 0 radical (unpaired) electrons. The van der Waals surface area contributed by atoms with Gasteiger partial charge in [0.1, 0.15) is 0 Å². The molecule has 1 nitrogen and oxygen atoms in total. The molecule has 0 bridgehead atoms. The van der Waals surface area contributed by atoms with E-state index in [1.807, 2.05) is 0 Å². The molecule has 0 aliphatic rings. The fourth-order valence-electron chi connectivity index (χ4n) is 2.11. The normalized spacial score (nSPS) is 12.9. The smallest absolute Gasteiger partial charge is 0.0540 e. The molecule has 1 heteroatoms. The summed E-state index contributed by atoms with van der Waals surface area (Å²) in [7, 11) is 0. The van der Waals surface area contributed by atoms with E-state index in [-0.39, 0.29) is 6.10 Å². The number of unbranched alkanes of at least 4 members (excludes halogenated alkanes) is 8. The fourth-order valence-corrected chi connectivity index (χ4v) is 2.11. The lowest BCUT2D eigenvalue weighted by molar-refractivity contribution is 0.147. The van der Waals surface area contributed by atoms with E-state index in [0.717, 1.165) is 12.8 Å². The number of aliphatic hydroxyl groups is 1. The van der Waals surface area contributed by atoms with E-state index < -0.39 is 0 Å². The lowest BCUT2D eigenvalue weighted by atomic mass is 10.0. The van der Waals surface area contributed by atoms with Crippen LogP contribution in [0.25, 0.3) is 0 Å². The minimum Gasteiger partial charge on any atom is -0.393 e. The van der Waals surface area contributed by atoms with Gasteiger partial charge in [-0.05, 0) is 12.8 Å². The van der Waals surface area contributed by atoms with E-state index in [2.05, 4.69) is 13.8 Å². The summed E-state index contributed by atoms with van der Waals surface area (Å²) in [6.45, 7) is 4.47. The van der Waals surface area contributed by atoms with E-state index in [9.17, 15) is 5.11 Å². The highest BCUT2D eigenvalue weighted by molar-refractivity contribution is 4.56. The minimum absolute atomic E-state index is 0.0257. The maximum Gasteiger partial charge on any atom is 0.0540 e. The van der Waals surface area contributed by atoms with Crippen molar-refractivity contribution in [1.29, 1.82) is 0 Å². The molecule has 0 heterocycles. The van der Waals surface area contributed by atoms with Gasteiger partial charge in [0.2, 0.25) is 0 Å². The van der Waals surface area contributed by atoms with E-state index in [4.69, 9.17) is 0 Å². The Labute approximate surface area is 103 Å². The Kier molecular flexibility index (Phi) is 13.0. The molecule has 0 rings (SSSR count). The van der Waals surface area contributed by atoms with Gasteiger partial charge in [-0.15, -0.1) is 0 Å². The quantitative estimate of drug-likeness (QED) is 0.462. The molecule has 0 saturated heterocycles. The summed E-state index contributed by atoms with van der Waals surface area (Å²) in [4.78, 5) is 0. The van der Waals surface area contributed by atoms with Gasteiger partial charge in [0.15, 0.2) is 0 Å². The third-order valence-corrected chi connectivity index (χ3v) is 3.28. The van der Waals surface area contributed by atoms with Gasteiger partial charge in [0.05, 0.1) is 6.10 Å². The lowest BCUT2D eigenvalue weighted by Gasteiger charge is -2.09. The summed E-state index contributed by atoms with van der Waals surface area (Å²) in [5, 5.41) is 9.72. The van der Waals surface area contributed by atoms with Gasteiger partial charge in [0, 0.05) is 0 Å². The minimum atomic E-state index is -0.0257. The van der Waals surface area contributed by atoms with Crippen LogP contribution in [0, 0.1) is 0 Å². The largest absolute Gasteiger partial charge is 0.393 e. The van der Waals surface area contributed by atoms with E-state index in [1.54, 1.807) is 0 Å². The standard InChI is InChI=1S/C15H32O/c1-3-5-7-8-9-10-12-14-15(16)13-11-6-4-2/h15-16H,3-14H2,1-2H3/t15-/m1/s1. The molecule has 98 valence electrons. The first-order valence-corrected chi connectivity index (χ1v) is 7.49. The average molecular weight is 228 g/mol. The molecular weight excluding hydrogens is 196 g/mol. The van der Waals surface area contributed by atoms with Crippen molar-refractivity contribution in [2.24, 2.45) is 0 Å². The van der Waals surface area contributed by atoms with Crippen molar-refractivity contribution in [1.82, 2.24) is 0 Å². The average Bonchev–Trinajstić information content (AvgIpc) is 2.28. The zero-order valence-electron chi connectivity index (χ0n) is 11.5. The van der Waals surface area contributed by atoms with Crippen LogP contribution < -0.4 is 0 Å². The second-order valence-corrected chi connectivity index (χ2v) is 5.06. The van der Waals surface area contributed by atoms with Gasteiger partial charge in [-0.2, -0.15) is 0 Å². The van der Waals surface area contributed by atoms with Crippen LogP contribution >= 0.6 is 0 Å². The lowest BCUT2D eigenvalue weighted by Crippen LogP contribution is -2.05. The molecule has 0 saturated carbocycles. The van der Waals surface area contributed by atoms with Crippen molar-refractivity contribution in [3.63, 3.8) is 0 Å². The third-order valence-electron chi connectivity index (χ3n) is 3.28. The monoisotopic (exact) mass is 228 g/mol. The van der Waals surface area contributed by atoms with E-state index in [0.29, 0.717) is 0 Å². The third kappa shape index (κ3) is 12.0. The molecule has 0 aromatic heterocycles. The summed E-state index contributed by atoms with van der Waals surface area (Å²) >= 11 is 0. The Morgan fingerprint density at radius 2 is 1.00 bits per heavy atom. The van der Waals surface area contributed by atoms with Gasteiger partial charge in [0.25, 0.3) is 0 Å². The molecule has 0 aliphatic carbocycles. The van der Waals surface area contributed by atoms with Crippen molar-refractivity contribution in [3.8, 4) is 0 Å². The number of hydrogen-bond acceptors (Lipinski definition) is 1.